The van der Waals surface area contributed by atoms with Gasteiger partial charge < -0.3 is 4.74 Å². The van der Waals surface area contributed by atoms with E-state index in [4.69, 9.17) is 4.74 Å². The van der Waals surface area contributed by atoms with Crippen molar-refractivity contribution in [2.24, 2.45) is 0 Å². The summed E-state index contributed by atoms with van der Waals surface area (Å²) in [5, 5.41) is 13.0. The van der Waals surface area contributed by atoms with E-state index < -0.39 is 11.0 Å². The summed E-state index contributed by atoms with van der Waals surface area (Å²) < 4.78 is 5.62. The summed E-state index contributed by atoms with van der Waals surface area (Å²) in [6.45, 7) is 0. The van der Waals surface area contributed by atoms with Crippen molar-refractivity contribution in [2.45, 2.75) is 0 Å². The fourth-order valence-electron chi connectivity index (χ4n) is 1.34. The summed E-state index contributed by atoms with van der Waals surface area (Å²) in [4.78, 5) is 25.5. The van der Waals surface area contributed by atoms with Crippen LogP contribution in [0.5, 0.6) is 5.75 Å². The second-order valence-electron chi connectivity index (χ2n) is 3.64. The summed E-state index contributed by atoms with van der Waals surface area (Å²) in [6.07, 6.45) is 0.754. The van der Waals surface area contributed by atoms with Crippen LogP contribution in [0.25, 0.3) is 0 Å². The van der Waals surface area contributed by atoms with Crippen molar-refractivity contribution in [3.63, 3.8) is 0 Å². The number of amides is 1. The Kier molecular flexibility index (Phi) is 4.26. The molecule has 2 rings (SSSR count). The van der Waals surface area contributed by atoms with E-state index in [2.05, 4.69) is 26.2 Å². The van der Waals surface area contributed by atoms with Gasteiger partial charge in [-0.1, -0.05) is 0 Å². The molecule has 0 saturated heterocycles. The molecular weight excluding hydrogens is 330 g/mol. The van der Waals surface area contributed by atoms with Crippen molar-refractivity contribution in [1.82, 2.24) is 4.98 Å². The Labute approximate surface area is 121 Å². The van der Waals surface area contributed by atoms with Crippen LogP contribution >= 0.6 is 15.9 Å². The predicted octanol–water partition coefficient (Wildman–Crippen LogP) is 3.36. The average Bonchev–Trinajstić information content (AvgIpc) is 2.42. The van der Waals surface area contributed by atoms with Gasteiger partial charge in [0, 0.05) is 12.1 Å². The molecular formula is C12H8BrN3O4. The molecule has 1 N–H and O–H groups in total. The van der Waals surface area contributed by atoms with Gasteiger partial charge in [-0.2, -0.15) is 0 Å². The summed E-state index contributed by atoms with van der Waals surface area (Å²) >= 11 is 3.17. The lowest BCUT2D eigenvalue weighted by Gasteiger charge is -2.06. The van der Waals surface area contributed by atoms with Gasteiger partial charge in [0.2, 0.25) is 0 Å². The lowest BCUT2D eigenvalue weighted by molar-refractivity contribution is -0.384. The van der Waals surface area contributed by atoms with Crippen LogP contribution in [-0.2, 0) is 0 Å². The average molecular weight is 338 g/mol. The first-order chi connectivity index (χ1) is 9.54. The smallest absolute Gasteiger partial charge is 0.410 e. The predicted molar refractivity (Wildman–Crippen MR) is 74.7 cm³/mol. The molecule has 1 amide bonds. The van der Waals surface area contributed by atoms with Crippen molar-refractivity contribution < 1.29 is 14.5 Å². The number of carbonyl (C=O) groups excluding carboxylic acids is 1. The number of pyridine rings is 1. The minimum Gasteiger partial charge on any atom is -0.410 e. The van der Waals surface area contributed by atoms with E-state index in [1.165, 1.54) is 30.5 Å². The third-order valence-corrected chi connectivity index (χ3v) is 2.70. The van der Waals surface area contributed by atoms with Gasteiger partial charge in [-0.3, -0.25) is 15.4 Å². The summed E-state index contributed by atoms with van der Waals surface area (Å²) in [6, 6.07) is 8.51. The Morgan fingerprint density at radius 2 is 1.95 bits per heavy atom. The largest absolute Gasteiger partial charge is 0.417 e. The van der Waals surface area contributed by atoms with Gasteiger partial charge in [0.15, 0.2) is 0 Å². The highest BCUT2D eigenvalue weighted by atomic mass is 79.9. The molecule has 0 aliphatic carbocycles. The van der Waals surface area contributed by atoms with Crippen molar-refractivity contribution in [2.75, 3.05) is 5.32 Å². The Morgan fingerprint density at radius 3 is 2.50 bits per heavy atom. The minimum absolute atomic E-state index is 0.0742. The summed E-state index contributed by atoms with van der Waals surface area (Å²) in [7, 11) is 0. The zero-order valence-corrected chi connectivity index (χ0v) is 11.5. The molecule has 2 aromatic rings. The van der Waals surface area contributed by atoms with Crippen LogP contribution in [0.4, 0.5) is 16.2 Å². The number of nitro benzene ring substituents is 1. The van der Waals surface area contributed by atoms with Gasteiger partial charge in [-0.15, -0.1) is 0 Å². The first-order valence-corrected chi connectivity index (χ1v) is 6.19. The van der Waals surface area contributed by atoms with Crippen LogP contribution in [0.2, 0.25) is 0 Å². The number of halogens is 1. The van der Waals surface area contributed by atoms with E-state index >= 15 is 0 Å². The molecule has 0 aliphatic rings. The molecule has 1 heterocycles. The molecule has 20 heavy (non-hydrogen) atoms. The number of rotatable bonds is 3. The van der Waals surface area contributed by atoms with Crippen LogP contribution in [-0.4, -0.2) is 16.0 Å². The van der Waals surface area contributed by atoms with E-state index in [0.717, 1.165) is 0 Å². The third-order valence-electron chi connectivity index (χ3n) is 2.23. The molecule has 7 nitrogen and oxygen atoms in total. The maximum atomic E-state index is 11.6. The number of aromatic nitrogens is 1. The highest BCUT2D eigenvalue weighted by Gasteiger charge is 2.08. The van der Waals surface area contributed by atoms with Crippen LogP contribution in [0.15, 0.2) is 47.2 Å². The van der Waals surface area contributed by atoms with Crippen molar-refractivity contribution in [1.29, 1.82) is 0 Å². The molecule has 0 unspecified atom stereocenters. The number of benzene rings is 1. The number of carbonyl (C=O) groups is 1. The van der Waals surface area contributed by atoms with E-state index in [1.54, 1.807) is 12.1 Å². The topological polar surface area (TPSA) is 94.4 Å². The van der Waals surface area contributed by atoms with Gasteiger partial charge in [-0.25, -0.2) is 9.78 Å². The number of hydrogen-bond acceptors (Lipinski definition) is 5. The molecule has 0 bridgehead atoms. The second-order valence-corrected chi connectivity index (χ2v) is 4.45. The fraction of sp³-hybridized carbons (Fsp3) is 0. The first kappa shape index (κ1) is 13.9. The zero-order chi connectivity index (χ0) is 14.5. The molecule has 1 aromatic carbocycles. The number of ether oxygens (including phenoxy) is 1. The SMILES string of the molecule is O=C(Nc1ccc(Br)nc1)Oc1ccc([N+](=O)[O-])cc1. The maximum absolute atomic E-state index is 11.6. The number of anilines is 1. The lowest BCUT2D eigenvalue weighted by Crippen LogP contribution is -2.16. The number of non-ortho nitro benzene ring substituents is 1. The Morgan fingerprint density at radius 1 is 1.25 bits per heavy atom. The minimum atomic E-state index is -0.706. The highest BCUT2D eigenvalue weighted by Crippen LogP contribution is 2.18. The molecule has 102 valence electrons. The van der Waals surface area contributed by atoms with Crippen LogP contribution in [0.1, 0.15) is 0 Å². The van der Waals surface area contributed by atoms with E-state index in [1.807, 2.05) is 0 Å². The first-order valence-electron chi connectivity index (χ1n) is 5.39. The Balaban J connectivity index is 1.97. The Hall–Kier alpha value is -2.48. The number of hydrogen-bond donors (Lipinski definition) is 1. The van der Waals surface area contributed by atoms with Crippen molar-refractivity contribution in [3.8, 4) is 5.75 Å². The monoisotopic (exact) mass is 337 g/mol. The molecule has 0 fully saturated rings. The number of nitro groups is 1. The van der Waals surface area contributed by atoms with Gasteiger partial charge >= 0.3 is 6.09 Å². The maximum Gasteiger partial charge on any atom is 0.417 e. The van der Waals surface area contributed by atoms with Crippen molar-refractivity contribution in [3.05, 3.63) is 57.3 Å². The van der Waals surface area contributed by atoms with E-state index in [0.29, 0.717) is 10.3 Å². The van der Waals surface area contributed by atoms with Gasteiger partial charge in [0.05, 0.1) is 16.8 Å². The zero-order valence-electron chi connectivity index (χ0n) is 9.95. The van der Waals surface area contributed by atoms with E-state index in [9.17, 15) is 14.9 Å². The van der Waals surface area contributed by atoms with Crippen molar-refractivity contribution >= 4 is 33.4 Å². The molecule has 0 spiro atoms. The lowest BCUT2D eigenvalue weighted by atomic mass is 10.3. The fourth-order valence-corrected chi connectivity index (χ4v) is 1.57. The summed E-state index contributed by atoms with van der Waals surface area (Å²) in [5.41, 5.74) is 0.398. The molecule has 0 atom stereocenters. The van der Waals surface area contributed by atoms with Crippen LogP contribution in [0, 0.1) is 10.1 Å². The highest BCUT2D eigenvalue weighted by molar-refractivity contribution is 9.10. The van der Waals surface area contributed by atoms with Gasteiger partial charge in [-0.05, 0) is 40.2 Å². The van der Waals surface area contributed by atoms with E-state index in [-0.39, 0.29) is 11.4 Å². The third kappa shape index (κ3) is 3.75. The summed E-state index contributed by atoms with van der Waals surface area (Å²) in [5.74, 6) is 0.207. The number of nitrogens with one attached hydrogen (secondary N) is 1. The van der Waals surface area contributed by atoms with Gasteiger partial charge in [0.1, 0.15) is 10.4 Å². The normalized spacial score (nSPS) is 9.85. The number of nitrogens with zero attached hydrogens (tertiary/aromatic N) is 2. The second kappa shape index (κ2) is 6.11. The quantitative estimate of drug-likeness (QED) is 0.526. The molecule has 0 saturated carbocycles. The molecule has 8 heteroatoms. The standard InChI is InChI=1S/C12H8BrN3O4/c13-11-6-1-8(7-14-11)15-12(17)20-10-4-2-9(3-5-10)16(18)19/h1-7H,(H,15,17). The van der Waals surface area contributed by atoms with Crippen LogP contribution in [0.3, 0.4) is 0 Å². The van der Waals surface area contributed by atoms with Gasteiger partial charge in [0.25, 0.3) is 5.69 Å². The van der Waals surface area contributed by atoms with Crippen LogP contribution < -0.4 is 10.1 Å². The molecule has 0 aliphatic heterocycles. The molecule has 0 radical (unpaired) electrons. The molecule has 1 aromatic heterocycles. The Bertz CT molecular complexity index is 628.